The van der Waals surface area contributed by atoms with Crippen LogP contribution in [-0.4, -0.2) is 25.2 Å². The highest BCUT2D eigenvalue weighted by molar-refractivity contribution is 7.80. The Balaban J connectivity index is 2.10. The zero-order valence-electron chi connectivity index (χ0n) is 15.5. The molecule has 0 fully saturated rings. The Morgan fingerprint density at radius 2 is 1.81 bits per heavy atom. The number of nitrogens with one attached hydrogen (secondary N) is 2. The number of methoxy groups -OCH3 is 2. The van der Waals surface area contributed by atoms with Crippen molar-refractivity contribution in [2.45, 2.75) is 26.2 Å². The summed E-state index contributed by atoms with van der Waals surface area (Å²) in [6, 6.07) is 12.9. The zero-order chi connectivity index (χ0) is 19.1. The van der Waals surface area contributed by atoms with Crippen molar-refractivity contribution >= 4 is 28.9 Å². The number of carbonyl (C=O) groups is 1. The fourth-order valence-electron chi connectivity index (χ4n) is 2.57. The van der Waals surface area contributed by atoms with Crippen LogP contribution in [-0.2, 0) is 0 Å². The summed E-state index contributed by atoms with van der Waals surface area (Å²) in [7, 11) is 3.07. The highest BCUT2D eigenvalue weighted by Crippen LogP contribution is 2.28. The monoisotopic (exact) mass is 372 g/mol. The van der Waals surface area contributed by atoms with Crippen LogP contribution in [0.3, 0.4) is 0 Å². The summed E-state index contributed by atoms with van der Waals surface area (Å²) in [5.41, 5.74) is 2.50. The van der Waals surface area contributed by atoms with Gasteiger partial charge in [0, 0.05) is 11.3 Å². The lowest BCUT2D eigenvalue weighted by molar-refractivity contribution is 0.0977. The minimum absolute atomic E-state index is 0.250. The van der Waals surface area contributed by atoms with Gasteiger partial charge in [0.1, 0.15) is 0 Å². The third kappa shape index (κ3) is 4.73. The van der Waals surface area contributed by atoms with Crippen LogP contribution in [0.5, 0.6) is 11.5 Å². The highest BCUT2D eigenvalue weighted by Gasteiger charge is 2.14. The predicted molar refractivity (Wildman–Crippen MR) is 108 cm³/mol. The molecule has 0 radical (unpaired) electrons. The molecular weight excluding hydrogens is 348 g/mol. The molecule has 0 aliphatic rings. The number of para-hydroxylation sites is 1. The van der Waals surface area contributed by atoms with Crippen molar-refractivity contribution in [2.24, 2.45) is 0 Å². The Kier molecular flexibility index (Phi) is 6.97. The van der Waals surface area contributed by atoms with E-state index in [4.69, 9.17) is 21.7 Å². The van der Waals surface area contributed by atoms with Gasteiger partial charge >= 0.3 is 0 Å². The first-order valence-electron chi connectivity index (χ1n) is 8.43. The van der Waals surface area contributed by atoms with Crippen LogP contribution in [0.15, 0.2) is 42.5 Å². The number of ether oxygens (including phenoxy) is 2. The smallest absolute Gasteiger partial charge is 0.257 e. The van der Waals surface area contributed by atoms with Crippen LogP contribution >= 0.6 is 12.2 Å². The van der Waals surface area contributed by atoms with Crippen molar-refractivity contribution in [3.8, 4) is 11.5 Å². The Hall–Kier alpha value is -2.60. The molecule has 0 aliphatic heterocycles. The van der Waals surface area contributed by atoms with Crippen LogP contribution in [0.1, 0.15) is 42.1 Å². The first-order chi connectivity index (χ1) is 12.5. The molecule has 1 amide bonds. The molecule has 0 spiro atoms. The van der Waals surface area contributed by atoms with E-state index in [1.807, 2.05) is 18.2 Å². The van der Waals surface area contributed by atoms with Crippen molar-refractivity contribution in [1.29, 1.82) is 0 Å². The molecule has 26 heavy (non-hydrogen) atoms. The third-order valence-corrected chi connectivity index (χ3v) is 4.43. The Labute approximate surface area is 159 Å². The summed E-state index contributed by atoms with van der Waals surface area (Å²) in [6.45, 7) is 4.30. The number of anilines is 1. The maximum absolute atomic E-state index is 12.5. The molecule has 2 aromatic carbocycles. The summed E-state index contributed by atoms with van der Waals surface area (Å²) in [4.78, 5) is 12.5. The molecule has 0 unspecified atom stereocenters. The Bertz CT molecular complexity index is 792. The van der Waals surface area contributed by atoms with E-state index in [1.165, 1.54) is 7.11 Å². The van der Waals surface area contributed by atoms with E-state index >= 15 is 0 Å². The van der Waals surface area contributed by atoms with Crippen LogP contribution in [0.2, 0.25) is 0 Å². The van der Waals surface area contributed by atoms with E-state index in [0.29, 0.717) is 23.0 Å². The van der Waals surface area contributed by atoms with Crippen molar-refractivity contribution in [2.75, 3.05) is 19.5 Å². The maximum Gasteiger partial charge on any atom is 0.257 e. The Morgan fingerprint density at radius 3 is 2.46 bits per heavy atom. The van der Waals surface area contributed by atoms with Gasteiger partial charge in [0.15, 0.2) is 16.6 Å². The average Bonchev–Trinajstić information content (AvgIpc) is 2.66. The number of thiocarbonyl (C=S) groups is 1. The van der Waals surface area contributed by atoms with Gasteiger partial charge in [0.25, 0.3) is 5.91 Å². The molecular formula is C20H24N2O3S. The van der Waals surface area contributed by atoms with E-state index < -0.39 is 0 Å². The predicted octanol–water partition coefficient (Wildman–Crippen LogP) is 4.34. The molecule has 2 aromatic rings. The molecule has 2 N–H and O–H groups in total. The number of benzene rings is 2. The van der Waals surface area contributed by atoms with Gasteiger partial charge < -0.3 is 14.8 Å². The summed E-state index contributed by atoms with van der Waals surface area (Å²) < 4.78 is 10.4. The van der Waals surface area contributed by atoms with Gasteiger partial charge in [-0.3, -0.25) is 10.1 Å². The van der Waals surface area contributed by atoms with Gasteiger partial charge in [-0.15, -0.1) is 0 Å². The largest absolute Gasteiger partial charge is 0.493 e. The van der Waals surface area contributed by atoms with Crippen LogP contribution < -0.4 is 20.1 Å². The quantitative estimate of drug-likeness (QED) is 0.739. The number of hydrogen-bond donors (Lipinski definition) is 2. The number of amides is 1. The van der Waals surface area contributed by atoms with E-state index in [9.17, 15) is 4.79 Å². The minimum atomic E-state index is -0.315. The average molecular weight is 372 g/mol. The van der Waals surface area contributed by atoms with Crippen LogP contribution in [0.4, 0.5) is 5.69 Å². The summed E-state index contributed by atoms with van der Waals surface area (Å²) in [6.07, 6.45) is 1.02. The first kappa shape index (κ1) is 19.7. The number of rotatable bonds is 6. The summed E-state index contributed by atoms with van der Waals surface area (Å²) >= 11 is 5.31. The summed E-state index contributed by atoms with van der Waals surface area (Å²) in [5.74, 6) is 1.13. The number of hydrogen-bond acceptors (Lipinski definition) is 4. The van der Waals surface area contributed by atoms with Gasteiger partial charge in [-0.1, -0.05) is 32.0 Å². The van der Waals surface area contributed by atoms with Gasteiger partial charge in [0.2, 0.25) is 0 Å². The van der Waals surface area contributed by atoms with Crippen molar-refractivity contribution in [3.63, 3.8) is 0 Å². The zero-order valence-corrected chi connectivity index (χ0v) is 16.3. The van der Waals surface area contributed by atoms with E-state index in [1.54, 1.807) is 25.3 Å². The highest BCUT2D eigenvalue weighted by atomic mass is 32.1. The van der Waals surface area contributed by atoms with E-state index in [2.05, 4.69) is 30.5 Å². The van der Waals surface area contributed by atoms with Crippen molar-refractivity contribution in [1.82, 2.24) is 5.32 Å². The first-order valence-corrected chi connectivity index (χ1v) is 8.84. The molecule has 0 saturated carbocycles. The van der Waals surface area contributed by atoms with Gasteiger partial charge in [-0.25, -0.2) is 0 Å². The lowest BCUT2D eigenvalue weighted by atomic mass is 9.97. The van der Waals surface area contributed by atoms with Gasteiger partial charge in [-0.05, 0) is 54.4 Å². The van der Waals surface area contributed by atoms with Crippen LogP contribution in [0.25, 0.3) is 0 Å². The second-order valence-corrected chi connectivity index (χ2v) is 6.28. The molecule has 0 bridgehead atoms. The molecule has 5 nitrogen and oxygen atoms in total. The molecule has 1 atom stereocenters. The van der Waals surface area contributed by atoms with Crippen molar-refractivity contribution < 1.29 is 14.3 Å². The van der Waals surface area contributed by atoms with Crippen molar-refractivity contribution in [3.05, 3.63) is 53.6 Å². The molecule has 0 saturated heterocycles. The maximum atomic E-state index is 12.5. The van der Waals surface area contributed by atoms with Gasteiger partial charge in [0.05, 0.1) is 14.2 Å². The molecule has 0 aromatic heterocycles. The normalized spacial score (nSPS) is 11.4. The molecule has 0 aliphatic carbocycles. The third-order valence-electron chi connectivity index (χ3n) is 4.23. The van der Waals surface area contributed by atoms with E-state index in [0.717, 1.165) is 17.7 Å². The van der Waals surface area contributed by atoms with E-state index in [-0.39, 0.29) is 11.0 Å². The van der Waals surface area contributed by atoms with Crippen LogP contribution in [0, 0.1) is 0 Å². The molecule has 2 rings (SSSR count). The second kappa shape index (κ2) is 9.20. The fraction of sp³-hybridized carbons (Fsp3) is 0.300. The summed E-state index contributed by atoms with van der Waals surface area (Å²) in [5, 5.41) is 6.07. The fourth-order valence-corrected chi connectivity index (χ4v) is 2.77. The molecule has 138 valence electrons. The number of carbonyl (C=O) groups excluding carboxylic acids is 1. The molecule has 6 heteroatoms. The topological polar surface area (TPSA) is 59.6 Å². The van der Waals surface area contributed by atoms with Gasteiger partial charge in [-0.2, -0.15) is 0 Å². The standard InChI is InChI=1S/C20H24N2O3S/c1-5-13(2)15-8-6-7-9-16(15)21-20(26)22-19(23)14-10-11-17(24-3)18(12-14)25-4/h6-13H,5H2,1-4H3,(H2,21,22,23,26)/t13-/m1/s1. The lowest BCUT2D eigenvalue weighted by Gasteiger charge is -2.17. The SMILES string of the molecule is CC[C@@H](C)c1ccccc1NC(=S)NC(=O)c1ccc(OC)c(OC)c1. The lowest BCUT2D eigenvalue weighted by Crippen LogP contribution is -2.34. The second-order valence-electron chi connectivity index (χ2n) is 5.87. The molecule has 0 heterocycles. The Morgan fingerprint density at radius 1 is 1.12 bits per heavy atom. The minimum Gasteiger partial charge on any atom is -0.493 e.